The summed E-state index contributed by atoms with van der Waals surface area (Å²) in [4.78, 5) is 1.26. The summed E-state index contributed by atoms with van der Waals surface area (Å²) in [6.45, 7) is 4.85. The Bertz CT molecular complexity index is 327. The molecule has 1 aromatic rings. The number of likely N-dealkylation sites (tertiary alicyclic amines) is 1. The monoisotopic (exact) mass is 222 g/mol. The summed E-state index contributed by atoms with van der Waals surface area (Å²) < 4.78 is 0. The van der Waals surface area contributed by atoms with E-state index in [4.69, 9.17) is 0 Å². The van der Waals surface area contributed by atoms with Crippen molar-refractivity contribution >= 4 is 0 Å². The highest BCUT2D eigenvalue weighted by molar-refractivity contribution is 5.13. The Kier molecular flexibility index (Phi) is 3.28. The molecule has 1 aliphatic rings. The molecule has 0 spiro atoms. The Hall–Kier alpha value is -0.900. The van der Waals surface area contributed by atoms with Gasteiger partial charge in [0.25, 0.3) is 0 Å². The Morgan fingerprint density at radius 2 is 1.50 bits per heavy atom. The summed E-state index contributed by atoms with van der Waals surface area (Å²) >= 11 is 0. The maximum Gasteiger partial charge on any atom is 0.137 e. The van der Waals surface area contributed by atoms with Gasteiger partial charge in [0.15, 0.2) is 0 Å². The van der Waals surface area contributed by atoms with Crippen molar-refractivity contribution in [3.05, 3.63) is 35.9 Å². The first-order valence-corrected chi connectivity index (χ1v) is 5.87. The first-order valence-electron chi connectivity index (χ1n) is 5.87. The predicted molar refractivity (Wildman–Crippen MR) is 62.0 cm³/mol. The average Bonchev–Trinajstić information content (AvgIpc) is 2.48. The van der Waals surface area contributed by atoms with Gasteiger partial charge in [-0.15, -0.1) is 0 Å². The van der Waals surface area contributed by atoms with E-state index in [0.717, 1.165) is 6.54 Å². The number of hydrogen-bond acceptors (Lipinski definition) is 2. The van der Waals surface area contributed by atoms with Crippen molar-refractivity contribution in [3.8, 4) is 0 Å². The Balaban J connectivity index is 2.11. The lowest BCUT2D eigenvalue weighted by Crippen LogP contribution is -3.16. The normalized spacial score (nSPS) is 38.9. The van der Waals surface area contributed by atoms with Crippen LogP contribution in [0.15, 0.2) is 30.3 Å². The van der Waals surface area contributed by atoms with Gasteiger partial charge in [-0.2, -0.15) is 0 Å². The molecule has 1 aliphatic heterocycles. The van der Waals surface area contributed by atoms with Crippen molar-refractivity contribution in [1.29, 1.82) is 0 Å². The molecule has 88 valence electrons. The zero-order valence-corrected chi connectivity index (χ0v) is 9.80. The maximum atomic E-state index is 9.81. The number of aliphatic hydroxyl groups is 2. The molecular weight excluding hydrogens is 202 g/mol. The van der Waals surface area contributed by atoms with E-state index in [1.807, 2.05) is 32.0 Å². The van der Waals surface area contributed by atoms with Crippen LogP contribution < -0.4 is 4.90 Å². The average molecular weight is 222 g/mol. The van der Waals surface area contributed by atoms with Crippen LogP contribution in [-0.4, -0.2) is 34.5 Å². The molecule has 0 aliphatic carbocycles. The Morgan fingerprint density at radius 1 is 1.00 bits per heavy atom. The number of rotatable bonds is 2. The van der Waals surface area contributed by atoms with Gasteiger partial charge in [-0.05, 0) is 13.8 Å². The minimum absolute atomic E-state index is 0.0882. The van der Waals surface area contributed by atoms with E-state index in [-0.39, 0.29) is 12.1 Å². The summed E-state index contributed by atoms with van der Waals surface area (Å²) in [7, 11) is 0. The first kappa shape index (κ1) is 11.6. The molecule has 0 bridgehead atoms. The van der Waals surface area contributed by atoms with Gasteiger partial charge in [0.1, 0.15) is 30.8 Å². The highest BCUT2D eigenvalue weighted by atomic mass is 16.3. The van der Waals surface area contributed by atoms with E-state index in [1.165, 1.54) is 10.5 Å². The molecule has 0 saturated carbocycles. The highest BCUT2D eigenvalue weighted by Crippen LogP contribution is 2.10. The topological polar surface area (TPSA) is 44.9 Å². The van der Waals surface area contributed by atoms with Crippen LogP contribution in [0.2, 0.25) is 0 Å². The largest absolute Gasteiger partial charge is 0.384 e. The Labute approximate surface area is 96.3 Å². The number of aliphatic hydroxyl groups excluding tert-OH is 2. The fourth-order valence-electron chi connectivity index (χ4n) is 2.60. The number of quaternary nitrogens is 1. The summed E-state index contributed by atoms with van der Waals surface area (Å²) in [5, 5.41) is 19.6. The van der Waals surface area contributed by atoms with Crippen LogP contribution in [0.1, 0.15) is 19.4 Å². The van der Waals surface area contributed by atoms with Crippen LogP contribution in [0.5, 0.6) is 0 Å². The van der Waals surface area contributed by atoms with E-state index in [0.29, 0.717) is 0 Å². The van der Waals surface area contributed by atoms with Crippen molar-refractivity contribution in [2.45, 2.75) is 44.7 Å². The molecule has 16 heavy (non-hydrogen) atoms. The van der Waals surface area contributed by atoms with Crippen molar-refractivity contribution in [2.24, 2.45) is 0 Å². The van der Waals surface area contributed by atoms with Gasteiger partial charge in [-0.25, -0.2) is 0 Å². The van der Waals surface area contributed by atoms with Gasteiger partial charge in [-0.3, -0.25) is 0 Å². The maximum absolute atomic E-state index is 9.81. The minimum Gasteiger partial charge on any atom is -0.384 e. The molecule has 0 amide bonds. The predicted octanol–water partition coefficient (Wildman–Crippen LogP) is -0.416. The molecule has 3 nitrogen and oxygen atoms in total. The molecule has 1 aromatic carbocycles. The van der Waals surface area contributed by atoms with Crippen molar-refractivity contribution < 1.29 is 15.1 Å². The van der Waals surface area contributed by atoms with Gasteiger partial charge in [-0.1, -0.05) is 30.3 Å². The molecule has 3 heteroatoms. The number of benzene rings is 1. The van der Waals surface area contributed by atoms with Crippen LogP contribution in [0.3, 0.4) is 0 Å². The molecule has 1 unspecified atom stereocenters. The van der Waals surface area contributed by atoms with Crippen molar-refractivity contribution in [1.82, 2.24) is 0 Å². The van der Waals surface area contributed by atoms with E-state index < -0.39 is 12.2 Å². The standard InChI is InChI=1S/C13H19NO2/c1-9-12(15)13(16)10(2)14(9)8-11-6-4-3-5-7-11/h3-7,9-10,12-13,15-16H,8H2,1-2H3/p+1/t9-,10+,12-,13+. The third-order valence-corrected chi connectivity index (χ3v) is 3.80. The van der Waals surface area contributed by atoms with Crippen LogP contribution in [0.25, 0.3) is 0 Å². The molecule has 0 aromatic heterocycles. The summed E-state index contributed by atoms with van der Waals surface area (Å²) in [6.07, 6.45) is -1.21. The quantitative estimate of drug-likeness (QED) is 0.636. The van der Waals surface area contributed by atoms with Crippen LogP contribution in [-0.2, 0) is 6.54 Å². The summed E-state index contributed by atoms with van der Waals surface area (Å²) in [5.74, 6) is 0. The minimum atomic E-state index is -0.603. The molecule has 5 atom stereocenters. The molecule has 0 radical (unpaired) electrons. The third-order valence-electron chi connectivity index (χ3n) is 3.80. The molecule has 3 N–H and O–H groups in total. The second-order valence-corrected chi connectivity index (χ2v) is 4.80. The van der Waals surface area contributed by atoms with Gasteiger partial charge >= 0.3 is 0 Å². The third kappa shape index (κ3) is 1.98. The second kappa shape index (κ2) is 4.53. The SMILES string of the molecule is C[C@@H]1[C@@H](O)[C@@H](O)[C@H](C)[NH+]1Cc1ccccc1. The molecule has 1 fully saturated rings. The van der Waals surface area contributed by atoms with E-state index in [9.17, 15) is 10.2 Å². The fraction of sp³-hybridized carbons (Fsp3) is 0.538. The van der Waals surface area contributed by atoms with Crippen LogP contribution in [0.4, 0.5) is 0 Å². The second-order valence-electron chi connectivity index (χ2n) is 4.80. The lowest BCUT2D eigenvalue weighted by Gasteiger charge is -2.23. The van der Waals surface area contributed by atoms with Crippen LogP contribution in [0, 0.1) is 0 Å². The number of nitrogens with one attached hydrogen (secondary N) is 1. The van der Waals surface area contributed by atoms with Crippen molar-refractivity contribution in [3.63, 3.8) is 0 Å². The van der Waals surface area contributed by atoms with E-state index in [2.05, 4.69) is 12.1 Å². The van der Waals surface area contributed by atoms with Gasteiger partial charge in [0.2, 0.25) is 0 Å². The fourth-order valence-corrected chi connectivity index (χ4v) is 2.60. The lowest BCUT2D eigenvalue weighted by molar-refractivity contribution is -0.948. The molecule has 2 rings (SSSR count). The van der Waals surface area contributed by atoms with Gasteiger partial charge in [0, 0.05) is 5.56 Å². The summed E-state index contributed by atoms with van der Waals surface area (Å²) in [5.41, 5.74) is 1.25. The van der Waals surface area contributed by atoms with Crippen molar-refractivity contribution in [2.75, 3.05) is 0 Å². The molecule has 1 saturated heterocycles. The first-order chi connectivity index (χ1) is 7.61. The zero-order chi connectivity index (χ0) is 11.7. The van der Waals surface area contributed by atoms with E-state index >= 15 is 0 Å². The summed E-state index contributed by atoms with van der Waals surface area (Å²) in [6, 6.07) is 10.4. The van der Waals surface area contributed by atoms with Crippen LogP contribution >= 0.6 is 0 Å². The lowest BCUT2D eigenvalue weighted by atomic mass is 10.1. The molecule has 1 heterocycles. The smallest absolute Gasteiger partial charge is 0.137 e. The molecular formula is C13H20NO2+. The number of hydrogen-bond donors (Lipinski definition) is 3. The van der Waals surface area contributed by atoms with Gasteiger partial charge < -0.3 is 15.1 Å². The van der Waals surface area contributed by atoms with Gasteiger partial charge in [0.05, 0.1) is 0 Å². The Morgan fingerprint density at radius 3 is 2.00 bits per heavy atom. The highest BCUT2D eigenvalue weighted by Gasteiger charge is 2.46. The van der Waals surface area contributed by atoms with E-state index in [1.54, 1.807) is 0 Å². The zero-order valence-electron chi connectivity index (χ0n) is 9.80.